The summed E-state index contributed by atoms with van der Waals surface area (Å²) in [5, 5.41) is 20.1. The molecule has 5 heteroatoms. The van der Waals surface area contributed by atoms with Crippen molar-refractivity contribution in [2.45, 2.75) is 31.8 Å². The Bertz CT molecular complexity index is 432. The van der Waals surface area contributed by atoms with E-state index < -0.39 is 16.4 Å². The van der Waals surface area contributed by atoms with Crippen molar-refractivity contribution in [1.82, 2.24) is 0 Å². The Morgan fingerprint density at radius 2 is 2.24 bits per heavy atom. The Balaban J connectivity index is 1.97. The molecule has 1 aromatic carbocycles. The molecule has 0 heterocycles. The minimum absolute atomic E-state index is 0.326. The number of halogens is 1. The van der Waals surface area contributed by atoms with Crippen LogP contribution in [-0.2, 0) is 6.42 Å². The van der Waals surface area contributed by atoms with E-state index in [1.807, 2.05) is 0 Å². The van der Waals surface area contributed by atoms with Crippen molar-refractivity contribution in [1.29, 1.82) is 0 Å². The SMILES string of the molecule is O=[N+]([O-])c1ccc(CCC(O)C2CC2)cc1F. The van der Waals surface area contributed by atoms with E-state index in [0.29, 0.717) is 24.3 Å². The number of aryl methyl sites for hydroxylation is 1. The molecule has 1 fully saturated rings. The first-order chi connectivity index (χ1) is 8.08. The molecule has 2 rings (SSSR count). The fourth-order valence-electron chi connectivity index (χ4n) is 1.89. The summed E-state index contributed by atoms with van der Waals surface area (Å²) >= 11 is 0. The lowest BCUT2D eigenvalue weighted by atomic mass is 10.0. The van der Waals surface area contributed by atoms with Crippen molar-refractivity contribution in [3.63, 3.8) is 0 Å². The molecular weight excluding hydrogens is 225 g/mol. The minimum Gasteiger partial charge on any atom is -0.393 e. The number of rotatable bonds is 5. The Kier molecular flexibility index (Phi) is 3.38. The molecule has 0 aromatic heterocycles. The van der Waals surface area contributed by atoms with Gasteiger partial charge in [0.1, 0.15) is 0 Å². The number of benzene rings is 1. The first-order valence-corrected chi connectivity index (χ1v) is 5.69. The molecule has 92 valence electrons. The lowest BCUT2D eigenvalue weighted by Gasteiger charge is -2.08. The summed E-state index contributed by atoms with van der Waals surface area (Å²) in [6.45, 7) is 0. The monoisotopic (exact) mass is 239 g/mol. The Labute approximate surface area is 98.2 Å². The molecule has 0 spiro atoms. The maximum atomic E-state index is 13.3. The highest BCUT2D eigenvalue weighted by Gasteiger charge is 2.29. The predicted octanol–water partition coefficient (Wildman–Crippen LogP) is 2.44. The smallest absolute Gasteiger partial charge is 0.304 e. The lowest BCUT2D eigenvalue weighted by molar-refractivity contribution is -0.387. The molecule has 1 unspecified atom stereocenters. The molecule has 1 aromatic rings. The normalized spacial score (nSPS) is 16.8. The summed E-state index contributed by atoms with van der Waals surface area (Å²) in [5.41, 5.74) is 0.185. The standard InChI is InChI=1S/C12H14FNO3/c13-10-7-8(1-5-11(10)14(16)17)2-6-12(15)9-3-4-9/h1,5,7,9,12,15H,2-4,6H2. The third-order valence-electron chi connectivity index (χ3n) is 3.10. The Morgan fingerprint density at radius 1 is 1.53 bits per heavy atom. The zero-order valence-corrected chi connectivity index (χ0v) is 9.30. The topological polar surface area (TPSA) is 63.4 Å². The van der Waals surface area contributed by atoms with Gasteiger partial charge in [0, 0.05) is 6.07 Å². The highest BCUT2D eigenvalue weighted by Crippen LogP contribution is 2.34. The van der Waals surface area contributed by atoms with Gasteiger partial charge < -0.3 is 5.11 Å². The maximum Gasteiger partial charge on any atom is 0.304 e. The van der Waals surface area contributed by atoms with Crippen LogP contribution >= 0.6 is 0 Å². The third-order valence-corrected chi connectivity index (χ3v) is 3.10. The van der Waals surface area contributed by atoms with Crippen LogP contribution in [0.5, 0.6) is 0 Å². The molecule has 0 amide bonds. The van der Waals surface area contributed by atoms with E-state index in [9.17, 15) is 19.6 Å². The molecule has 4 nitrogen and oxygen atoms in total. The number of aliphatic hydroxyl groups is 1. The molecule has 17 heavy (non-hydrogen) atoms. The second-order valence-electron chi connectivity index (χ2n) is 4.49. The predicted molar refractivity (Wildman–Crippen MR) is 60.1 cm³/mol. The summed E-state index contributed by atoms with van der Waals surface area (Å²) in [5.74, 6) is -0.411. The number of nitrogens with zero attached hydrogens (tertiary/aromatic N) is 1. The first-order valence-electron chi connectivity index (χ1n) is 5.69. The highest BCUT2D eigenvalue weighted by molar-refractivity contribution is 5.35. The van der Waals surface area contributed by atoms with Crippen molar-refractivity contribution >= 4 is 5.69 Å². The number of hydrogen-bond acceptors (Lipinski definition) is 3. The summed E-state index contributed by atoms with van der Waals surface area (Å²) in [4.78, 5) is 9.68. The number of nitro groups is 1. The van der Waals surface area contributed by atoms with E-state index >= 15 is 0 Å². The van der Waals surface area contributed by atoms with Crippen LogP contribution in [0.2, 0.25) is 0 Å². The molecule has 1 aliphatic rings. The molecule has 0 radical (unpaired) electrons. The van der Waals surface area contributed by atoms with Crippen LogP contribution in [0.1, 0.15) is 24.8 Å². The van der Waals surface area contributed by atoms with Gasteiger partial charge in [0.25, 0.3) is 0 Å². The Morgan fingerprint density at radius 3 is 2.76 bits per heavy atom. The van der Waals surface area contributed by atoms with Gasteiger partial charge in [0.05, 0.1) is 11.0 Å². The van der Waals surface area contributed by atoms with Gasteiger partial charge in [0.15, 0.2) is 0 Å². The molecular formula is C12H14FNO3. The minimum atomic E-state index is -0.812. The largest absolute Gasteiger partial charge is 0.393 e. The van der Waals surface area contributed by atoms with Crippen LogP contribution in [-0.4, -0.2) is 16.1 Å². The van der Waals surface area contributed by atoms with Gasteiger partial charge in [-0.1, -0.05) is 6.07 Å². The quantitative estimate of drug-likeness (QED) is 0.634. The van der Waals surface area contributed by atoms with Crippen LogP contribution in [0, 0.1) is 21.8 Å². The average molecular weight is 239 g/mol. The Hall–Kier alpha value is -1.49. The van der Waals surface area contributed by atoms with Gasteiger partial charge in [0.2, 0.25) is 5.82 Å². The second-order valence-corrected chi connectivity index (χ2v) is 4.49. The highest BCUT2D eigenvalue weighted by atomic mass is 19.1. The van der Waals surface area contributed by atoms with Gasteiger partial charge in [-0.2, -0.15) is 4.39 Å². The van der Waals surface area contributed by atoms with Gasteiger partial charge in [-0.25, -0.2) is 0 Å². The van der Waals surface area contributed by atoms with Crippen molar-refractivity contribution in [3.8, 4) is 0 Å². The van der Waals surface area contributed by atoms with E-state index in [1.165, 1.54) is 12.1 Å². The summed E-state index contributed by atoms with van der Waals surface area (Å²) in [6, 6.07) is 3.90. The van der Waals surface area contributed by atoms with Gasteiger partial charge in [-0.3, -0.25) is 10.1 Å². The number of nitro benzene ring substituents is 1. The van der Waals surface area contributed by atoms with Crippen LogP contribution in [0.4, 0.5) is 10.1 Å². The van der Waals surface area contributed by atoms with E-state index in [0.717, 1.165) is 12.8 Å². The zero-order chi connectivity index (χ0) is 12.4. The van der Waals surface area contributed by atoms with Crippen LogP contribution in [0.3, 0.4) is 0 Å². The third kappa shape index (κ3) is 3.00. The first kappa shape index (κ1) is 12.0. The average Bonchev–Trinajstić information content (AvgIpc) is 3.09. The van der Waals surface area contributed by atoms with Crippen molar-refractivity contribution in [2.24, 2.45) is 5.92 Å². The second kappa shape index (κ2) is 4.79. The van der Waals surface area contributed by atoms with Crippen molar-refractivity contribution in [2.75, 3.05) is 0 Å². The van der Waals surface area contributed by atoms with Gasteiger partial charge in [-0.15, -0.1) is 0 Å². The molecule has 1 atom stereocenters. The number of aliphatic hydroxyl groups excluding tert-OH is 1. The van der Waals surface area contributed by atoms with E-state index in [-0.39, 0.29) is 6.10 Å². The van der Waals surface area contributed by atoms with E-state index in [4.69, 9.17) is 0 Å². The van der Waals surface area contributed by atoms with Crippen molar-refractivity contribution < 1.29 is 14.4 Å². The van der Waals surface area contributed by atoms with E-state index in [2.05, 4.69) is 0 Å². The molecule has 1 saturated carbocycles. The lowest BCUT2D eigenvalue weighted by Crippen LogP contribution is -2.10. The fraction of sp³-hybridized carbons (Fsp3) is 0.500. The molecule has 0 aliphatic heterocycles. The summed E-state index contributed by atoms with van der Waals surface area (Å²) in [6.07, 6.45) is 2.94. The maximum absolute atomic E-state index is 13.3. The van der Waals surface area contributed by atoms with Crippen molar-refractivity contribution in [3.05, 3.63) is 39.7 Å². The molecule has 0 bridgehead atoms. The van der Waals surface area contributed by atoms with Gasteiger partial charge >= 0.3 is 5.69 Å². The zero-order valence-electron chi connectivity index (χ0n) is 9.30. The molecule has 0 saturated heterocycles. The van der Waals surface area contributed by atoms with Crippen LogP contribution < -0.4 is 0 Å². The van der Waals surface area contributed by atoms with E-state index in [1.54, 1.807) is 6.07 Å². The van der Waals surface area contributed by atoms with Crippen LogP contribution in [0.25, 0.3) is 0 Å². The van der Waals surface area contributed by atoms with Gasteiger partial charge in [-0.05, 0) is 43.2 Å². The number of hydrogen-bond donors (Lipinski definition) is 1. The summed E-state index contributed by atoms with van der Waals surface area (Å²) < 4.78 is 13.3. The fourth-order valence-corrected chi connectivity index (χ4v) is 1.89. The summed E-state index contributed by atoms with van der Waals surface area (Å²) in [7, 11) is 0. The van der Waals surface area contributed by atoms with Crippen LogP contribution in [0.15, 0.2) is 18.2 Å². The molecule has 1 N–H and O–H groups in total. The molecule has 1 aliphatic carbocycles.